The molecule has 5 rings (SSSR count). The summed E-state index contributed by atoms with van der Waals surface area (Å²) in [7, 11) is 1.73. The van der Waals surface area contributed by atoms with Crippen molar-refractivity contribution < 1.29 is 23.9 Å². The van der Waals surface area contributed by atoms with Crippen LogP contribution in [0.2, 0.25) is 0 Å². The number of aromatic nitrogens is 2. The Morgan fingerprint density at radius 3 is 2.32 bits per heavy atom. The molecule has 0 aliphatic carbocycles. The fourth-order valence-corrected chi connectivity index (χ4v) is 4.04. The summed E-state index contributed by atoms with van der Waals surface area (Å²) in [5.74, 6) is 0.921. The lowest BCUT2D eigenvalue weighted by atomic mass is 10.1. The number of likely N-dealkylation sites (tertiary alicyclic amines) is 2. The molecule has 3 heterocycles. The van der Waals surface area contributed by atoms with Gasteiger partial charge in [-0.2, -0.15) is 0 Å². The molecule has 10 heteroatoms. The van der Waals surface area contributed by atoms with Crippen molar-refractivity contribution in [1.29, 1.82) is 0 Å². The van der Waals surface area contributed by atoms with Gasteiger partial charge in [0.25, 0.3) is 17.7 Å². The zero-order valence-corrected chi connectivity index (χ0v) is 20.6. The Morgan fingerprint density at radius 1 is 0.946 bits per heavy atom. The zero-order chi connectivity index (χ0) is 25.9. The number of nitrogens with zero attached hydrogens (tertiary/aromatic N) is 4. The number of hydrogen-bond acceptors (Lipinski definition) is 7. The lowest BCUT2D eigenvalue weighted by Crippen LogP contribution is -2.41. The Labute approximate surface area is 214 Å². The highest BCUT2D eigenvalue weighted by Gasteiger charge is 2.31. The molecule has 1 unspecified atom stereocenters. The summed E-state index contributed by atoms with van der Waals surface area (Å²) in [5.41, 5.74) is 1.58. The van der Waals surface area contributed by atoms with E-state index < -0.39 is 12.0 Å². The minimum Gasteiger partial charge on any atom is -0.480 e. The van der Waals surface area contributed by atoms with Gasteiger partial charge in [-0.15, -0.1) is 0 Å². The normalized spacial score (nSPS) is 16.8. The van der Waals surface area contributed by atoms with Crippen LogP contribution in [0.5, 0.6) is 17.2 Å². The molecular formula is C27H27N5O5. The van der Waals surface area contributed by atoms with Crippen molar-refractivity contribution >= 4 is 23.5 Å². The molecule has 2 saturated heterocycles. The van der Waals surface area contributed by atoms with Crippen LogP contribution < -0.4 is 14.8 Å². The van der Waals surface area contributed by atoms with E-state index in [0.717, 1.165) is 25.2 Å². The van der Waals surface area contributed by atoms with Crippen LogP contribution in [-0.2, 0) is 4.79 Å². The van der Waals surface area contributed by atoms with Gasteiger partial charge in [-0.1, -0.05) is 0 Å². The number of hydrogen-bond donors (Lipinski definition) is 1. The van der Waals surface area contributed by atoms with Crippen molar-refractivity contribution in [2.45, 2.75) is 25.9 Å². The van der Waals surface area contributed by atoms with E-state index in [1.165, 1.54) is 6.20 Å². The van der Waals surface area contributed by atoms with Gasteiger partial charge in [-0.05, 0) is 49.7 Å². The number of anilines is 1. The van der Waals surface area contributed by atoms with Gasteiger partial charge < -0.3 is 24.6 Å². The zero-order valence-electron chi connectivity index (χ0n) is 20.6. The van der Waals surface area contributed by atoms with E-state index in [0.29, 0.717) is 41.6 Å². The molecule has 10 nitrogen and oxygen atoms in total. The Kier molecular flexibility index (Phi) is 6.72. The van der Waals surface area contributed by atoms with Crippen molar-refractivity contribution in [2.24, 2.45) is 0 Å². The third kappa shape index (κ3) is 5.53. The van der Waals surface area contributed by atoms with E-state index in [1.54, 1.807) is 72.4 Å². The van der Waals surface area contributed by atoms with Crippen LogP contribution in [0.3, 0.4) is 0 Å². The minimum absolute atomic E-state index is 0.00226. The number of rotatable bonds is 7. The highest BCUT2D eigenvalue weighted by Crippen LogP contribution is 2.30. The van der Waals surface area contributed by atoms with Gasteiger partial charge in [0.2, 0.25) is 0 Å². The molecule has 37 heavy (non-hydrogen) atoms. The van der Waals surface area contributed by atoms with E-state index in [9.17, 15) is 14.4 Å². The molecule has 1 N–H and O–H groups in total. The second-order valence-corrected chi connectivity index (χ2v) is 9.12. The maximum absolute atomic E-state index is 13.0. The molecule has 3 amide bonds. The van der Waals surface area contributed by atoms with Gasteiger partial charge in [0, 0.05) is 50.3 Å². The lowest BCUT2D eigenvalue weighted by Gasteiger charge is -2.30. The molecule has 2 aromatic carbocycles. The maximum atomic E-state index is 13.0. The fourth-order valence-electron chi connectivity index (χ4n) is 4.04. The molecule has 2 fully saturated rings. The predicted octanol–water partition coefficient (Wildman–Crippen LogP) is 3.29. The first-order valence-electron chi connectivity index (χ1n) is 12.1. The first-order chi connectivity index (χ1) is 17.9. The van der Waals surface area contributed by atoms with Gasteiger partial charge in [0.1, 0.15) is 17.2 Å². The van der Waals surface area contributed by atoms with Gasteiger partial charge in [0.05, 0.1) is 18.1 Å². The van der Waals surface area contributed by atoms with Crippen LogP contribution in [0.25, 0.3) is 0 Å². The highest BCUT2D eigenvalue weighted by molar-refractivity contribution is 6.04. The average molecular weight is 502 g/mol. The Bertz CT molecular complexity index is 1320. The second kappa shape index (κ2) is 10.3. The van der Waals surface area contributed by atoms with Crippen molar-refractivity contribution in [1.82, 2.24) is 19.8 Å². The van der Waals surface area contributed by atoms with Crippen LogP contribution in [0, 0.1) is 6.92 Å². The standard InChI is InChI=1S/C27H27N5O5/c1-17-15-29-24(16-28-17)30-25(33)19-12-21(14-22(13-19)37-23-8-11-31(2)27(23)35)36-20-6-4-18(5-7-20)26(34)32-9-3-10-32/h4-7,12-16,23H,3,8-11H2,1-2H3,(H,29,30,33). The molecular weight excluding hydrogens is 474 g/mol. The van der Waals surface area contributed by atoms with E-state index in [2.05, 4.69) is 15.3 Å². The summed E-state index contributed by atoms with van der Waals surface area (Å²) in [6.07, 6.45) is 3.97. The number of likely N-dealkylation sites (N-methyl/N-ethyl adjacent to an activating group) is 1. The van der Waals surface area contributed by atoms with Crippen molar-refractivity contribution in [3.63, 3.8) is 0 Å². The molecule has 0 bridgehead atoms. The number of amides is 3. The Hall–Kier alpha value is -4.47. The second-order valence-electron chi connectivity index (χ2n) is 9.12. The Morgan fingerprint density at radius 2 is 1.70 bits per heavy atom. The summed E-state index contributed by atoms with van der Waals surface area (Å²) in [6.45, 7) is 3.96. The van der Waals surface area contributed by atoms with E-state index >= 15 is 0 Å². The van der Waals surface area contributed by atoms with Crippen LogP contribution in [0.4, 0.5) is 5.82 Å². The highest BCUT2D eigenvalue weighted by atomic mass is 16.5. The van der Waals surface area contributed by atoms with E-state index in [1.807, 2.05) is 0 Å². The maximum Gasteiger partial charge on any atom is 0.263 e. The van der Waals surface area contributed by atoms with Crippen LogP contribution in [-0.4, -0.2) is 70.3 Å². The fraction of sp³-hybridized carbons (Fsp3) is 0.296. The largest absolute Gasteiger partial charge is 0.480 e. The summed E-state index contributed by atoms with van der Waals surface area (Å²) < 4.78 is 12.0. The number of ether oxygens (including phenoxy) is 2. The predicted molar refractivity (Wildman–Crippen MR) is 135 cm³/mol. The van der Waals surface area contributed by atoms with Crippen molar-refractivity contribution in [2.75, 3.05) is 32.0 Å². The minimum atomic E-state index is -0.633. The van der Waals surface area contributed by atoms with Gasteiger partial charge in [-0.25, -0.2) is 4.98 Å². The van der Waals surface area contributed by atoms with Crippen LogP contribution in [0.1, 0.15) is 39.3 Å². The first kappa shape index (κ1) is 24.2. The van der Waals surface area contributed by atoms with Gasteiger partial charge in [0.15, 0.2) is 11.9 Å². The number of carbonyl (C=O) groups is 3. The van der Waals surface area contributed by atoms with E-state index in [4.69, 9.17) is 9.47 Å². The lowest BCUT2D eigenvalue weighted by molar-refractivity contribution is -0.132. The van der Waals surface area contributed by atoms with Crippen LogP contribution >= 0.6 is 0 Å². The summed E-state index contributed by atoms with van der Waals surface area (Å²) in [4.78, 5) is 49.5. The SMILES string of the molecule is Cc1cnc(NC(=O)c2cc(Oc3ccc(C(=O)N4CCC4)cc3)cc(OC3CCN(C)C3=O)c2)cn1. The van der Waals surface area contributed by atoms with Crippen molar-refractivity contribution in [3.05, 3.63) is 71.7 Å². The number of benzene rings is 2. The monoisotopic (exact) mass is 501 g/mol. The summed E-state index contributed by atoms with van der Waals surface area (Å²) in [5, 5.41) is 2.71. The third-order valence-electron chi connectivity index (χ3n) is 6.30. The first-order valence-corrected chi connectivity index (χ1v) is 12.1. The molecule has 190 valence electrons. The number of carbonyl (C=O) groups excluding carboxylic acids is 3. The molecule has 3 aromatic rings. The number of aryl methyl sites for hydroxylation is 1. The Balaban J connectivity index is 1.37. The third-order valence-corrected chi connectivity index (χ3v) is 6.30. The molecule has 0 spiro atoms. The molecule has 2 aliphatic heterocycles. The quantitative estimate of drug-likeness (QED) is 0.528. The number of nitrogens with one attached hydrogen (secondary N) is 1. The van der Waals surface area contributed by atoms with Gasteiger partial charge in [-0.3, -0.25) is 19.4 Å². The summed E-state index contributed by atoms with van der Waals surface area (Å²) >= 11 is 0. The molecule has 0 radical (unpaired) electrons. The smallest absolute Gasteiger partial charge is 0.263 e. The molecule has 1 aromatic heterocycles. The average Bonchev–Trinajstić information content (AvgIpc) is 3.17. The van der Waals surface area contributed by atoms with Crippen molar-refractivity contribution in [3.8, 4) is 17.2 Å². The molecule has 0 saturated carbocycles. The molecule has 1 atom stereocenters. The topological polar surface area (TPSA) is 114 Å². The summed E-state index contributed by atoms with van der Waals surface area (Å²) in [6, 6.07) is 11.6. The van der Waals surface area contributed by atoms with Gasteiger partial charge >= 0.3 is 0 Å². The van der Waals surface area contributed by atoms with E-state index in [-0.39, 0.29) is 17.4 Å². The molecule has 2 aliphatic rings. The van der Waals surface area contributed by atoms with Crippen LogP contribution in [0.15, 0.2) is 54.9 Å².